The molecule has 0 saturated carbocycles. The summed E-state index contributed by atoms with van der Waals surface area (Å²) in [5.74, 6) is -0.0775. The molecular weight excluding hydrogens is 354 g/mol. The number of amidine groups is 1. The first-order valence-electron chi connectivity index (χ1n) is 7.97. The van der Waals surface area contributed by atoms with Gasteiger partial charge in [-0.05, 0) is 36.4 Å². The molecule has 2 aliphatic rings. The van der Waals surface area contributed by atoms with Crippen molar-refractivity contribution >= 4 is 47.0 Å². The molecule has 2 aliphatic heterocycles. The minimum Gasteiger partial charge on any atom is -0.326 e. The van der Waals surface area contributed by atoms with Crippen LogP contribution in [-0.2, 0) is 9.59 Å². The van der Waals surface area contributed by atoms with Gasteiger partial charge in [0.25, 0.3) is 5.91 Å². The normalized spacial score (nSPS) is 17.7. The molecule has 2 heterocycles. The number of benzene rings is 2. The molecule has 0 radical (unpaired) electrons. The van der Waals surface area contributed by atoms with E-state index in [-0.39, 0.29) is 18.2 Å². The molecule has 0 aliphatic carbocycles. The average molecular weight is 368 g/mol. The van der Waals surface area contributed by atoms with Crippen molar-refractivity contribution in [3.63, 3.8) is 0 Å². The third kappa shape index (κ3) is 3.04. The Labute approximate surface area is 154 Å². The largest absolute Gasteiger partial charge is 0.326 e. The highest BCUT2D eigenvalue weighted by Gasteiger charge is 2.36. The summed E-state index contributed by atoms with van der Waals surface area (Å²) in [6, 6.07) is 13.5. The highest BCUT2D eigenvalue weighted by Crippen LogP contribution is 2.27. The van der Waals surface area contributed by atoms with Crippen molar-refractivity contribution in [3.8, 4) is 0 Å². The van der Waals surface area contributed by atoms with Crippen LogP contribution in [-0.4, -0.2) is 34.9 Å². The Kier molecular flexibility index (Phi) is 4.14. The predicted molar refractivity (Wildman–Crippen MR) is 99.6 cm³/mol. The van der Waals surface area contributed by atoms with E-state index < -0.39 is 6.04 Å². The van der Waals surface area contributed by atoms with Crippen molar-refractivity contribution in [2.24, 2.45) is 10.1 Å². The van der Waals surface area contributed by atoms with E-state index >= 15 is 0 Å². The second-order valence-corrected chi connectivity index (χ2v) is 6.29. The molecule has 1 atom stereocenters. The fraction of sp³-hybridized carbons (Fsp3) is 0.111. The molecule has 2 aromatic rings. The van der Waals surface area contributed by atoms with Gasteiger partial charge in [0.1, 0.15) is 6.04 Å². The van der Waals surface area contributed by atoms with Crippen molar-refractivity contribution in [1.82, 2.24) is 10.3 Å². The number of hydrogen-bond acceptors (Lipinski definition) is 5. The van der Waals surface area contributed by atoms with E-state index in [4.69, 9.17) is 11.6 Å². The summed E-state index contributed by atoms with van der Waals surface area (Å²) in [5.41, 5.74) is 4.68. The molecule has 130 valence electrons. The number of hydrogen-bond donors (Lipinski definition) is 2. The lowest BCUT2D eigenvalue weighted by atomic mass is 10.1. The number of hydrazone groups is 1. The first kappa shape index (κ1) is 16.3. The fourth-order valence-corrected chi connectivity index (χ4v) is 2.99. The number of anilines is 1. The maximum Gasteiger partial charge on any atom is 0.263 e. The monoisotopic (exact) mass is 367 g/mol. The lowest BCUT2D eigenvalue weighted by Crippen LogP contribution is -2.54. The Morgan fingerprint density at radius 2 is 1.96 bits per heavy atom. The molecule has 7 nitrogen and oxygen atoms in total. The van der Waals surface area contributed by atoms with Gasteiger partial charge in [0, 0.05) is 16.3 Å². The Hall–Kier alpha value is -3.19. The van der Waals surface area contributed by atoms with Crippen LogP contribution in [0.15, 0.2) is 58.6 Å². The van der Waals surface area contributed by atoms with Crippen LogP contribution in [0.3, 0.4) is 0 Å². The topological polar surface area (TPSA) is 86.2 Å². The number of aliphatic imine (C=N–C) groups is 1. The van der Waals surface area contributed by atoms with E-state index in [2.05, 4.69) is 20.8 Å². The smallest absolute Gasteiger partial charge is 0.263 e. The molecule has 0 bridgehead atoms. The number of nitrogens with zero attached hydrogens (tertiary/aromatic N) is 3. The van der Waals surface area contributed by atoms with Gasteiger partial charge in [0.2, 0.25) is 5.91 Å². The van der Waals surface area contributed by atoms with Crippen LogP contribution in [0.5, 0.6) is 0 Å². The number of amides is 2. The molecule has 0 saturated heterocycles. The number of nitrogens with one attached hydrogen (secondary N) is 2. The van der Waals surface area contributed by atoms with Crippen LogP contribution in [0, 0.1) is 0 Å². The highest BCUT2D eigenvalue weighted by atomic mass is 35.5. The standard InChI is InChI=1S/C18H14ClN5O2/c19-11-5-7-12(8-6-11)21-16(25)9-15-18(26)23-22-17-13-3-1-2-4-14(13)20-10-24(15)17/h1-8,10,15H,9H2,(H,21,25)(H,23,26). The van der Waals surface area contributed by atoms with Gasteiger partial charge >= 0.3 is 0 Å². The van der Waals surface area contributed by atoms with Gasteiger partial charge in [-0.3, -0.25) is 9.59 Å². The Bertz CT molecular complexity index is 939. The van der Waals surface area contributed by atoms with Gasteiger partial charge in [0.05, 0.1) is 18.4 Å². The minimum atomic E-state index is -0.730. The summed E-state index contributed by atoms with van der Waals surface area (Å²) < 4.78 is 0. The van der Waals surface area contributed by atoms with Gasteiger partial charge in [-0.15, -0.1) is 0 Å². The molecule has 0 aromatic heterocycles. The van der Waals surface area contributed by atoms with Crippen molar-refractivity contribution in [2.45, 2.75) is 12.5 Å². The van der Waals surface area contributed by atoms with Crippen LogP contribution < -0.4 is 10.7 Å². The Morgan fingerprint density at radius 3 is 2.77 bits per heavy atom. The Morgan fingerprint density at radius 1 is 1.19 bits per heavy atom. The van der Waals surface area contributed by atoms with Crippen molar-refractivity contribution in [2.75, 3.05) is 5.32 Å². The molecule has 4 rings (SSSR count). The summed E-state index contributed by atoms with van der Waals surface area (Å²) in [6.07, 6.45) is 1.50. The SMILES string of the molecule is O=C(CC1C(=O)NN=C2c3ccccc3N=CN21)Nc1ccc(Cl)cc1. The zero-order valence-electron chi connectivity index (χ0n) is 13.5. The molecule has 1 unspecified atom stereocenters. The highest BCUT2D eigenvalue weighted by molar-refractivity contribution is 6.30. The van der Waals surface area contributed by atoms with Crippen molar-refractivity contribution in [1.29, 1.82) is 0 Å². The third-order valence-electron chi connectivity index (χ3n) is 4.13. The lowest BCUT2D eigenvalue weighted by molar-refractivity contribution is -0.128. The summed E-state index contributed by atoms with van der Waals surface area (Å²) in [4.78, 5) is 30.7. The minimum absolute atomic E-state index is 0.0400. The average Bonchev–Trinajstić information content (AvgIpc) is 2.65. The van der Waals surface area contributed by atoms with Crippen LogP contribution in [0.1, 0.15) is 12.0 Å². The number of carbonyl (C=O) groups is 2. The zero-order chi connectivity index (χ0) is 18.1. The molecule has 2 N–H and O–H groups in total. The number of halogens is 1. The maximum absolute atomic E-state index is 12.4. The predicted octanol–water partition coefficient (Wildman–Crippen LogP) is 2.50. The molecule has 26 heavy (non-hydrogen) atoms. The van der Waals surface area contributed by atoms with Crippen LogP contribution in [0.25, 0.3) is 0 Å². The van der Waals surface area contributed by atoms with Crippen LogP contribution in [0.2, 0.25) is 5.02 Å². The molecule has 0 fully saturated rings. The van der Waals surface area contributed by atoms with Gasteiger partial charge in [-0.2, -0.15) is 5.10 Å². The zero-order valence-corrected chi connectivity index (χ0v) is 14.3. The van der Waals surface area contributed by atoms with Gasteiger partial charge in [0.15, 0.2) is 5.84 Å². The molecular formula is C18H14ClN5O2. The van der Waals surface area contributed by atoms with E-state index in [1.54, 1.807) is 35.5 Å². The lowest BCUT2D eigenvalue weighted by Gasteiger charge is -2.34. The summed E-state index contributed by atoms with van der Waals surface area (Å²) in [5, 5.41) is 7.48. The second-order valence-electron chi connectivity index (χ2n) is 5.86. The molecule has 0 spiro atoms. The maximum atomic E-state index is 12.4. The van der Waals surface area contributed by atoms with E-state index in [0.717, 1.165) is 11.3 Å². The first-order chi connectivity index (χ1) is 12.6. The van der Waals surface area contributed by atoms with Gasteiger partial charge in [-0.1, -0.05) is 23.7 Å². The second kappa shape index (κ2) is 6.61. The van der Waals surface area contributed by atoms with Crippen LogP contribution >= 0.6 is 11.6 Å². The number of para-hydroxylation sites is 1. The number of fused-ring (bicyclic) bond motifs is 3. The molecule has 2 aromatic carbocycles. The molecule has 2 amide bonds. The quantitative estimate of drug-likeness (QED) is 0.873. The van der Waals surface area contributed by atoms with E-state index in [9.17, 15) is 9.59 Å². The van der Waals surface area contributed by atoms with E-state index in [1.165, 1.54) is 0 Å². The number of rotatable bonds is 3. The van der Waals surface area contributed by atoms with E-state index in [1.807, 2.05) is 24.3 Å². The summed E-state index contributed by atoms with van der Waals surface area (Å²) >= 11 is 5.84. The third-order valence-corrected chi connectivity index (χ3v) is 4.38. The summed E-state index contributed by atoms with van der Waals surface area (Å²) in [6.45, 7) is 0. The Balaban J connectivity index is 1.54. The van der Waals surface area contributed by atoms with Crippen molar-refractivity contribution in [3.05, 3.63) is 59.1 Å². The summed E-state index contributed by atoms with van der Waals surface area (Å²) in [7, 11) is 0. The number of carbonyl (C=O) groups excluding carboxylic acids is 2. The van der Waals surface area contributed by atoms with Gasteiger partial charge in [-0.25, -0.2) is 10.4 Å². The van der Waals surface area contributed by atoms with Crippen LogP contribution in [0.4, 0.5) is 11.4 Å². The van der Waals surface area contributed by atoms with E-state index in [0.29, 0.717) is 16.5 Å². The van der Waals surface area contributed by atoms with Gasteiger partial charge < -0.3 is 10.2 Å². The first-order valence-corrected chi connectivity index (χ1v) is 8.34. The molecule has 8 heteroatoms. The fourth-order valence-electron chi connectivity index (χ4n) is 2.86. The van der Waals surface area contributed by atoms with Crippen molar-refractivity contribution < 1.29 is 9.59 Å².